The van der Waals surface area contributed by atoms with E-state index >= 15 is 0 Å². The van der Waals surface area contributed by atoms with E-state index in [1.807, 2.05) is 11.0 Å². The molecule has 0 unspecified atom stereocenters. The van der Waals surface area contributed by atoms with E-state index in [1.54, 1.807) is 29.2 Å². The second-order valence-corrected chi connectivity index (χ2v) is 8.04. The molecule has 0 saturated carbocycles. The first-order chi connectivity index (χ1) is 16.3. The monoisotopic (exact) mass is 472 g/mol. The summed E-state index contributed by atoms with van der Waals surface area (Å²) in [6.07, 6.45) is -4.12. The maximum atomic E-state index is 12.9. The van der Waals surface area contributed by atoms with Crippen LogP contribution in [-0.2, 0) is 17.5 Å². The largest absolute Gasteiger partial charge is 0.416 e. The fraction of sp³-hybridized carbons (Fsp3) is 0.333. The number of halogens is 3. The molecule has 1 fully saturated rings. The number of hydrogen-bond donors (Lipinski definition) is 0. The number of alkyl halides is 3. The minimum atomic E-state index is -4.45. The number of piperazine rings is 1. The lowest BCUT2D eigenvalue weighted by Gasteiger charge is -2.34. The molecule has 4 rings (SSSR count). The molecule has 0 bridgehead atoms. The summed E-state index contributed by atoms with van der Waals surface area (Å²) in [5.74, 6) is 0.271. The predicted octanol–water partition coefficient (Wildman–Crippen LogP) is 4.06. The Kier molecular flexibility index (Phi) is 7.06. The Morgan fingerprint density at radius 3 is 2.38 bits per heavy atom. The average molecular weight is 472 g/mol. The number of carbonyl (C=O) groups excluding carboxylic acids is 2. The van der Waals surface area contributed by atoms with E-state index in [0.29, 0.717) is 44.2 Å². The summed E-state index contributed by atoms with van der Waals surface area (Å²) < 4.78 is 44.0. The molecule has 1 aliphatic rings. The SMILES string of the molecule is O=C(CCC(=O)N1CCN(Cc2nc(-c3cccc(C(F)(F)F)c3)no2)CC1)c1ccccc1. The van der Waals surface area contributed by atoms with Crippen LogP contribution in [0.5, 0.6) is 0 Å². The van der Waals surface area contributed by atoms with Gasteiger partial charge in [-0.25, -0.2) is 0 Å². The molecule has 1 aliphatic heterocycles. The minimum absolute atomic E-state index is 0.0550. The third kappa shape index (κ3) is 5.88. The molecule has 7 nitrogen and oxygen atoms in total. The molecule has 1 aromatic heterocycles. The van der Waals surface area contributed by atoms with Crippen molar-refractivity contribution in [2.45, 2.75) is 25.6 Å². The van der Waals surface area contributed by atoms with Gasteiger partial charge in [-0.15, -0.1) is 0 Å². The Morgan fingerprint density at radius 2 is 1.68 bits per heavy atom. The lowest BCUT2D eigenvalue weighted by atomic mass is 10.1. The molecule has 0 atom stereocenters. The van der Waals surface area contributed by atoms with Crippen LogP contribution >= 0.6 is 0 Å². The number of Topliss-reactive ketones (excluding diaryl/α,β-unsaturated/α-hetero) is 1. The van der Waals surface area contributed by atoms with Gasteiger partial charge in [0.2, 0.25) is 17.6 Å². The van der Waals surface area contributed by atoms with Gasteiger partial charge >= 0.3 is 6.18 Å². The zero-order chi connectivity index (χ0) is 24.1. The predicted molar refractivity (Wildman–Crippen MR) is 117 cm³/mol. The van der Waals surface area contributed by atoms with Gasteiger partial charge in [0, 0.05) is 50.1 Å². The highest BCUT2D eigenvalue weighted by Gasteiger charge is 2.31. The third-order valence-corrected chi connectivity index (χ3v) is 5.66. The minimum Gasteiger partial charge on any atom is -0.340 e. The Labute approximate surface area is 194 Å². The van der Waals surface area contributed by atoms with Crippen molar-refractivity contribution in [3.05, 3.63) is 71.6 Å². The second kappa shape index (κ2) is 10.2. The van der Waals surface area contributed by atoms with Crippen molar-refractivity contribution in [2.75, 3.05) is 26.2 Å². The van der Waals surface area contributed by atoms with Gasteiger partial charge in [-0.2, -0.15) is 18.2 Å². The van der Waals surface area contributed by atoms with Crippen molar-refractivity contribution in [2.24, 2.45) is 0 Å². The summed E-state index contributed by atoms with van der Waals surface area (Å²) in [4.78, 5) is 32.7. The summed E-state index contributed by atoms with van der Waals surface area (Å²) in [6, 6.07) is 13.7. The topological polar surface area (TPSA) is 79.5 Å². The highest BCUT2D eigenvalue weighted by Crippen LogP contribution is 2.31. The molecule has 1 amide bonds. The first-order valence-corrected chi connectivity index (χ1v) is 10.9. The van der Waals surface area contributed by atoms with Gasteiger partial charge in [0.1, 0.15) is 0 Å². The van der Waals surface area contributed by atoms with E-state index in [-0.39, 0.29) is 35.9 Å². The smallest absolute Gasteiger partial charge is 0.340 e. The standard InChI is InChI=1S/C24H23F3N4O3/c25-24(26,27)19-8-4-7-18(15-19)23-28-21(34-29-23)16-30-11-13-31(14-12-30)22(33)10-9-20(32)17-5-2-1-3-6-17/h1-8,15H,9-14,16H2. The Bertz CT molecular complexity index is 1140. The number of nitrogens with zero attached hydrogens (tertiary/aromatic N) is 4. The van der Waals surface area contributed by atoms with Crippen LogP contribution in [0.15, 0.2) is 59.1 Å². The lowest BCUT2D eigenvalue weighted by molar-refractivity contribution is -0.137. The van der Waals surface area contributed by atoms with Gasteiger partial charge in [-0.3, -0.25) is 14.5 Å². The quantitative estimate of drug-likeness (QED) is 0.483. The molecule has 178 valence electrons. The van der Waals surface area contributed by atoms with Crippen molar-refractivity contribution < 1.29 is 27.3 Å². The van der Waals surface area contributed by atoms with E-state index in [4.69, 9.17) is 4.52 Å². The molecule has 2 heterocycles. The summed E-state index contributed by atoms with van der Waals surface area (Å²) in [5, 5.41) is 3.81. The molecular formula is C24H23F3N4O3. The maximum Gasteiger partial charge on any atom is 0.416 e. The molecule has 0 aliphatic carbocycles. The van der Waals surface area contributed by atoms with Crippen molar-refractivity contribution in [3.8, 4) is 11.4 Å². The van der Waals surface area contributed by atoms with Gasteiger partial charge in [-0.1, -0.05) is 47.6 Å². The number of benzene rings is 2. The lowest BCUT2D eigenvalue weighted by Crippen LogP contribution is -2.48. The van der Waals surface area contributed by atoms with Crippen LogP contribution in [0.1, 0.15) is 34.7 Å². The van der Waals surface area contributed by atoms with Crippen LogP contribution in [0.25, 0.3) is 11.4 Å². The van der Waals surface area contributed by atoms with E-state index in [2.05, 4.69) is 10.1 Å². The number of aromatic nitrogens is 2. The Hall–Kier alpha value is -3.53. The Morgan fingerprint density at radius 1 is 0.941 bits per heavy atom. The first-order valence-electron chi connectivity index (χ1n) is 10.9. The molecule has 0 spiro atoms. The van der Waals surface area contributed by atoms with Crippen LogP contribution in [0.2, 0.25) is 0 Å². The van der Waals surface area contributed by atoms with Crippen molar-refractivity contribution >= 4 is 11.7 Å². The maximum absolute atomic E-state index is 12.9. The van der Waals surface area contributed by atoms with E-state index < -0.39 is 11.7 Å². The van der Waals surface area contributed by atoms with Crippen LogP contribution in [0.4, 0.5) is 13.2 Å². The highest BCUT2D eigenvalue weighted by molar-refractivity contribution is 5.97. The molecular weight excluding hydrogens is 449 g/mol. The fourth-order valence-electron chi connectivity index (χ4n) is 3.76. The summed E-state index contributed by atoms with van der Waals surface area (Å²) in [5.41, 5.74) is 0.0528. The van der Waals surface area contributed by atoms with Crippen LogP contribution in [0, 0.1) is 0 Å². The van der Waals surface area contributed by atoms with E-state index in [0.717, 1.165) is 12.1 Å². The van der Waals surface area contributed by atoms with Gasteiger partial charge in [-0.05, 0) is 12.1 Å². The van der Waals surface area contributed by atoms with Crippen LogP contribution < -0.4 is 0 Å². The third-order valence-electron chi connectivity index (χ3n) is 5.66. The fourth-order valence-corrected chi connectivity index (χ4v) is 3.76. The molecule has 2 aromatic carbocycles. The van der Waals surface area contributed by atoms with Crippen molar-refractivity contribution in [1.29, 1.82) is 0 Å². The molecule has 0 N–H and O–H groups in total. The number of ketones is 1. The van der Waals surface area contributed by atoms with Gasteiger partial charge < -0.3 is 9.42 Å². The molecule has 10 heteroatoms. The summed E-state index contributed by atoms with van der Waals surface area (Å²) in [6.45, 7) is 2.51. The van der Waals surface area contributed by atoms with Gasteiger partial charge in [0.25, 0.3) is 0 Å². The molecule has 3 aromatic rings. The normalized spacial score (nSPS) is 14.9. The zero-order valence-electron chi connectivity index (χ0n) is 18.3. The summed E-state index contributed by atoms with van der Waals surface area (Å²) >= 11 is 0. The number of hydrogen-bond acceptors (Lipinski definition) is 6. The average Bonchev–Trinajstić information content (AvgIpc) is 3.31. The summed E-state index contributed by atoms with van der Waals surface area (Å²) in [7, 11) is 0. The number of rotatable bonds is 7. The number of amides is 1. The van der Waals surface area contributed by atoms with E-state index in [9.17, 15) is 22.8 Å². The van der Waals surface area contributed by atoms with Gasteiger partial charge in [0.05, 0.1) is 12.1 Å². The number of carbonyl (C=O) groups is 2. The first kappa shape index (κ1) is 23.6. The second-order valence-electron chi connectivity index (χ2n) is 8.04. The molecule has 34 heavy (non-hydrogen) atoms. The Balaban J connectivity index is 1.26. The van der Waals surface area contributed by atoms with Crippen molar-refractivity contribution in [1.82, 2.24) is 19.9 Å². The van der Waals surface area contributed by atoms with E-state index in [1.165, 1.54) is 12.1 Å². The van der Waals surface area contributed by atoms with Gasteiger partial charge in [0.15, 0.2) is 5.78 Å². The zero-order valence-corrected chi connectivity index (χ0v) is 18.3. The van der Waals surface area contributed by atoms with Crippen molar-refractivity contribution in [3.63, 3.8) is 0 Å². The van der Waals surface area contributed by atoms with Crippen LogP contribution in [0.3, 0.4) is 0 Å². The highest BCUT2D eigenvalue weighted by atomic mass is 19.4. The molecule has 1 saturated heterocycles. The van der Waals surface area contributed by atoms with Crippen LogP contribution in [-0.4, -0.2) is 57.8 Å². The molecule has 0 radical (unpaired) electrons.